The van der Waals surface area contributed by atoms with E-state index in [4.69, 9.17) is 9.47 Å². The average molecular weight is 619 g/mol. The van der Waals surface area contributed by atoms with E-state index >= 15 is 0 Å². The largest absolute Gasteiger partial charge is 0.494 e. The highest BCUT2D eigenvalue weighted by molar-refractivity contribution is 7.91. The Labute approximate surface area is 254 Å². The van der Waals surface area contributed by atoms with Gasteiger partial charge in [-0.05, 0) is 71.1 Å². The second-order valence-electron chi connectivity index (χ2n) is 10.3. The van der Waals surface area contributed by atoms with Crippen LogP contribution in [0.3, 0.4) is 0 Å². The van der Waals surface area contributed by atoms with Crippen LogP contribution in [0, 0.1) is 0 Å². The molecule has 2 aliphatic rings. The molecule has 1 atom stereocenters. The number of ether oxygens (including phenoxy) is 2. The van der Waals surface area contributed by atoms with E-state index in [1.165, 1.54) is 11.0 Å². The van der Waals surface area contributed by atoms with Gasteiger partial charge in [0, 0.05) is 23.9 Å². The molecular formula is C32H30N2O7S2. The maximum Gasteiger partial charge on any atom is 0.409 e. The Bertz CT molecular complexity index is 1720. The zero-order chi connectivity index (χ0) is 30.1. The number of piperazine rings is 1. The molecule has 222 valence electrons. The lowest BCUT2D eigenvalue weighted by Crippen LogP contribution is -2.59. The van der Waals surface area contributed by atoms with Gasteiger partial charge in [-0.2, -0.15) is 4.31 Å². The zero-order valence-corrected chi connectivity index (χ0v) is 25.0. The number of nitrogens with zero attached hydrogens (tertiary/aromatic N) is 2. The van der Waals surface area contributed by atoms with Crippen LogP contribution in [0.5, 0.6) is 5.75 Å². The molecular weight excluding hydrogens is 588 g/mol. The van der Waals surface area contributed by atoms with E-state index < -0.39 is 28.1 Å². The van der Waals surface area contributed by atoms with Crippen molar-refractivity contribution in [2.45, 2.75) is 23.1 Å². The van der Waals surface area contributed by atoms with Crippen LogP contribution in [0.1, 0.15) is 24.0 Å². The summed E-state index contributed by atoms with van der Waals surface area (Å²) in [7, 11) is -4.13. The number of benzene rings is 3. The van der Waals surface area contributed by atoms with Crippen molar-refractivity contribution in [3.05, 3.63) is 96.1 Å². The first-order valence-corrected chi connectivity index (χ1v) is 16.2. The van der Waals surface area contributed by atoms with Gasteiger partial charge in [0.25, 0.3) is 10.0 Å². The maximum atomic E-state index is 13.6. The molecule has 0 bridgehead atoms. The quantitative estimate of drug-likeness (QED) is 0.277. The molecule has 11 heteroatoms. The summed E-state index contributed by atoms with van der Waals surface area (Å²) in [5.74, 6) is -0.756. The third kappa shape index (κ3) is 5.51. The van der Waals surface area contributed by atoms with Crippen LogP contribution < -0.4 is 4.74 Å². The van der Waals surface area contributed by atoms with Gasteiger partial charge in [0.2, 0.25) is 0 Å². The molecule has 1 fully saturated rings. The van der Waals surface area contributed by atoms with Gasteiger partial charge < -0.3 is 19.5 Å². The Morgan fingerprint density at radius 3 is 2.19 bits per heavy atom. The number of sulfonamides is 1. The minimum Gasteiger partial charge on any atom is -0.494 e. The van der Waals surface area contributed by atoms with Gasteiger partial charge in [-0.25, -0.2) is 13.2 Å². The first-order chi connectivity index (χ1) is 20.8. The number of aliphatic carboxylic acids is 1. The van der Waals surface area contributed by atoms with Gasteiger partial charge in [0.15, 0.2) is 0 Å². The summed E-state index contributed by atoms with van der Waals surface area (Å²) in [6.07, 6.45) is -0.668. The van der Waals surface area contributed by atoms with E-state index in [0.29, 0.717) is 12.4 Å². The first-order valence-electron chi connectivity index (χ1n) is 14.0. The lowest BCUT2D eigenvalue weighted by molar-refractivity contribution is -0.143. The number of carbonyl (C=O) groups is 2. The first kappa shape index (κ1) is 28.9. The molecule has 1 amide bonds. The molecule has 1 saturated heterocycles. The summed E-state index contributed by atoms with van der Waals surface area (Å²) in [6.45, 7) is 2.05. The number of amides is 1. The molecule has 0 radical (unpaired) electrons. The van der Waals surface area contributed by atoms with Gasteiger partial charge in [0.1, 0.15) is 22.6 Å². The number of hydrogen-bond donors (Lipinski definition) is 1. The van der Waals surface area contributed by atoms with E-state index in [1.54, 1.807) is 6.07 Å². The van der Waals surface area contributed by atoms with Crippen LogP contribution in [0.4, 0.5) is 4.79 Å². The van der Waals surface area contributed by atoms with E-state index in [-0.39, 0.29) is 36.4 Å². The average Bonchev–Trinajstić information content (AvgIpc) is 3.64. The summed E-state index contributed by atoms with van der Waals surface area (Å²) in [5.41, 5.74) is 5.16. The van der Waals surface area contributed by atoms with Crippen molar-refractivity contribution in [1.29, 1.82) is 0 Å². The molecule has 9 nitrogen and oxygen atoms in total. The molecule has 0 unspecified atom stereocenters. The van der Waals surface area contributed by atoms with Crippen molar-refractivity contribution in [3.8, 4) is 27.3 Å². The summed E-state index contributed by atoms with van der Waals surface area (Å²) in [5, 5.41) is 10.00. The second kappa shape index (κ2) is 11.8. The van der Waals surface area contributed by atoms with Crippen LogP contribution in [0.2, 0.25) is 0 Å². The summed E-state index contributed by atoms with van der Waals surface area (Å²) in [6, 6.07) is 25.0. The Morgan fingerprint density at radius 2 is 1.56 bits per heavy atom. The molecule has 1 N–H and O–H groups in total. The van der Waals surface area contributed by atoms with Gasteiger partial charge in [-0.15, -0.1) is 11.3 Å². The molecule has 2 heterocycles. The highest BCUT2D eigenvalue weighted by atomic mass is 32.2. The normalized spacial score (nSPS) is 16.9. The zero-order valence-electron chi connectivity index (χ0n) is 23.4. The smallest absolute Gasteiger partial charge is 0.409 e. The van der Waals surface area contributed by atoms with Crippen molar-refractivity contribution >= 4 is 33.4 Å². The molecule has 3 aromatic carbocycles. The van der Waals surface area contributed by atoms with E-state index in [1.807, 2.05) is 79.7 Å². The molecule has 1 aliphatic heterocycles. The highest BCUT2D eigenvalue weighted by Crippen LogP contribution is 2.44. The summed E-state index contributed by atoms with van der Waals surface area (Å²) >= 11 is 1.07. The minimum atomic E-state index is -4.13. The summed E-state index contributed by atoms with van der Waals surface area (Å²) < 4.78 is 39.4. The molecule has 0 saturated carbocycles. The Hall–Kier alpha value is -4.19. The number of rotatable bonds is 8. The lowest BCUT2D eigenvalue weighted by Gasteiger charge is -2.37. The number of thiophene rings is 1. The lowest BCUT2D eigenvalue weighted by atomic mass is 9.98. The fraction of sp³-hybridized carbons (Fsp3) is 0.250. The predicted molar refractivity (Wildman–Crippen MR) is 163 cm³/mol. The monoisotopic (exact) mass is 618 g/mol. The van der Waals surface area contributed by atoms with Crippen LogP contribution in [0.25, 0.3) is 21.6 Å². The summed E-state index contributed by atoms with van der Waals surface area (Å²) in [4.78, 5) is 27.4. The third-order valence-electron chi connectivity index (χ3n) is 7.80. The Balaban J connectivity index is 1.14. The number of hydrogen-bond acceptors (Lipinski definition) is 7. The van der Waals surface area contributed by atoms with Crippen molar-refractivity contribution in [2.24, 2.45) is 0 Å². The van der Waals surface area contributed by atoms with Crippen LogP contribution in [-0.2, 0) is 19.6 Å². The fourth-order valence-corrected chi connectivity index (χ4v) is 8.72. The van der Waals surface area contributed by atoms with Crippen molar-refractivity contribution in [2.75, 3.05) is 32.8 Å². The number of carboxylic acids is 1. The Morgan fingerprint density at radius 1 is 0.907 bits per heavy atom. The fourth-order valence-electron chi connectivity index (χ4n) is 5.72. The second-order valence-corrected chi connectivity index (χ2v) is 13.5. The van der Waals surface area contributed by atoms with Crippen molar-refractivity contribution in [1.82, 2.24) is 9.21 Å². The van der Waals surface area contributed by atoms with Crippen LogP contribution in [-0.4, -0.2) is 73.7 Å². The van der Waals surface area contributed by atoms with E-state index in [9.17, 15) is 23.1 Å². The standard InChI is InChI=1S/C32H30N2O7S2/c1-2-40-22-13-11-21(12-14-22)29-15-16-30(42-29)43(38,39)34-18-17-33(19-28(34)31(35)36)32(37)41-20-27-25-9-5-3-7-23(25)24-8-4-6-10-26(24)27/h3-16,27-28H,2,17-20H2,1H3,(H,35,36)/t28-/m1/s1. The SMILES string of the molecule is CCOc1ccc(-c2ccc(S(=O)(=O)N3CCN(C(=O)OCC4c5ccccc5-c5ccccc54)C[C@@H]3C(=O)O)s2)cc1. The molecule has 0 spiro atoms. The minimum absolute atomic E-state index is 0.0107. The van der Waals surface area contributed by atoms with Gasteiger partial charge in [-0.3, -0.25) is 4.79 Å². The van der Waals surface area contributed by atoms with Gasteiger partial charge in [0.05, 0.1) is 13.2 Å². The molecule has 4 aromatic rings. The molecule has 1 aromatic heterocycles. The Kier molecular flexibility index (Phi) is 7.95. The molecule has 43 heavy (non-hydrogen) atoms. The van der Waals surface area contributed by atoms with Crippen molar-refractivity contribution < 1.29 is 32.6 Å². The van der Waals surface area contributed by atoms with Gasteiger partial charge >= 0.3 is 12.1 Å². The topological polar surface area (TPSA) is 113 Å². The van der Waals surface area contributed by atoms with Crippen LogP contribution in [0.15, 0.2) is 89.1 Å². The van der Waals surface area contributed by atoms with Crippen LogP contribution >= 0.6 is 11.3 Å². The van der Waals surface area contributed by atoms with E-state index in [2.05, 4.69) is 0 Å². The molecule has 6 rings (SSSR count). The highest BCUT2D eigenvalue weighted by Gasteiger charge is 2.42. The van der Waals surface area contributed by atoms with Crippen molar-refractivity contribution in [3.63, 3.8) is 0 Å². The maximum absolute atomic E-state index is 13.6. The van der Waals surface area contributed by atoms with E-state index in [0.717, 1.165) is 48.3 Å². The number of fused-ring (bicyclic) bond motifs is 3. The van der Waals surface area contributed by atoms with Gasteiger partial charge in [-0.1, -0.05) is 48.5 Å². The molecule has 1 aliphatic carbocycles. The number of carbonyl (C=O) groups excluding carboxylic acids is 1. The third-order valence-corrected chi connectivity index (χ3v) is 11.3. The predicted octanol–water partition coefficient (Wildman–Crippen LogP) is 5.52. The number of carboxylic acid groups (broad SMARTS) is 1.